The van der Waals surface area contributed by atoms with Crippen molar-refractivity contribution in [2.75, 3.05) is 6.54 Å². The number of hydrogen-bond donors (Lipinski definition) is 0. The normalized spacial score (nSPS) is 21.5. The Kier molecular flexibility index (Phi) is 4.79. The summed E-state index contributed by atoms with van der Waals surface area (Å²) in [6.45, 7) is 4.75. The van der Waals surface area contributed by atoms with Crippen molar-refractivity contribution in [1.29, 1.82) is 0 Å². The second-order valence-corrected chi connectivity index (χ2v) is 4.25. The molecule has 0 aliphatic carbocycles. The SMILES string of the molecule is CCCCCCN1C(=O)CC(CC)C1=O. The largest absolute Gasteiger partial charge is 0.282 e. The fourth-order valence-electron chi connectivity index (χ4n) is 2.00. The van der Waals surface area contributed by atoms with Crippen LogP contribution in [-0.2, 0) is 9.59 Å². The molecule has 1 fully saturated rings. The zero-order valence-electron chi connectivity index (χ0n) is 9.79. The Morgan fingerprint density at radius 3 is 2.47 bits per heavy atom. The molecule has 1 unspecified atom stereocenters. The summed E-state index contributed by atoms with van der Waals surface area (Å²) in [5, 5.41) is 0. The molecule has 86 valence electrons. The number of nitrogens with zero attached hydrogens (tertiary/aromatic N) is 1. The first kappa shape index (κ1) is 12.2. The summed E-state index contributed by atoms with van der Waals surface area (Å²) in [4.78, 5) is 24.7. The highest BCUT2D eigenvalue weighted by Crippen LogP contribution is 2.22. The standard InChI is InChI=1S/C12H21NO2/c1-3-5-6-7-8-13-11(14)9-10(4-2)12(13)15/h10H,3-9H2,1-2H3. The average Bonchev–Trinajstić information content (AvgIpc) is 2.50. The predicted octanol–water partition coefficient (Wildman–Crippen LogP) is 2.35. The van der Waals surface area contributed by atoms with Gasteiger partial charge in [0.1, 0.15) is 0 Å². The van der Waals surface area contributed by atoms with E-state index in [9.17, 15) is 9.59 Å². The molecule has 1 rings (SSSR count). The highest BCUT2D eigenvalue weighted by Gasteiger charge is 2.36. The topological polar surface area (TPSA) is 37.4 Å². The van der Waals surface area contributed by atoms with Crippen LogP contribution in [0.2, 0.25) is 0 Å². The van der Waals surface area contributed by atoms with Crippen molar-refractivity contribution in [2.24, 2.45) is 5.92 Å². The first-order valence-electron chi connectivity index (χ1n) is 6.04. The fraction of sp³-hybridized carbons (Fsp3) is 0.833. The molecule has 0 N–H and O–H groups in total. The molecule has 0 aromatic carbocycles. The third kappa shape index (κ3) is 3.05. The maximum Gasteiger partial charge on any atom is 0.232 e. The average molecular weight is 211 g/mol. The number of unbranched alkanes of at least 4 members (excludes halogenated alkanes) is 3. The van der Waals surface area contributed by atoms with Crippen LogP contribution in [0.25, 0.3) is 0 Å². The summed E-state index contributed by atoms with van der Waals surface area (Å²) in [6.07, 6.45) is 5.66. The van der Waals surface area contributed by atoms with Gasteiger partial charge in [-0.05, 0) is 12.8 Å². The number of likely N-dealkylation sites (tertiary alicyclic amines) is 1. The van der Waals surface area contributed by atoms with Crippen LogP contribution in [0.4, 0.5) is 0 Å². The number of carbonyl (C=O) groups excluding carboxylic acids is 2. The lowest BCUT2D eigenvalue weighted by atomic mass is 10.1. The Balaban J connectivity index is 2.34. The molecule has 0 saturated carbocycles. The molecule has 0 spiro atoms. The van der Waals surface area contributed by atoms with E-state index in [1.807, 2.05) is 6.92 Å². The molecule has 0 aromatic rings. The summed E-state index contributed by atoms with van der Waals surface area (Å²) in [5.41, 5.74) is 0. The van der Waals surface area contributed by atoms with E-state index in [0.29, 0.717) is 13.0 Å². The molecule has 1 atom stereocenters. The first-order chi connectivity index (χ1) is 7.20. The molecule has 1 saturated heterocycles. The molecule has 1 aliphatic heterocycles. The zero-order chi connectivity index (χ0) is 11.3. The van der Waals surface area contributed by atoms with Gasteiger partial charge in [0.15, 0.2) is 0 Å². The Morgan fingerprint density at radius 2 is 1.93 bits per heavy atom. The highest BCUT2D eigenvalue weighted by atomic mass is 16.2. The van der Waals surface area contributed by atoms with Gasteiger partial charge in [0.25, 0.3) is 0 Å². The van der Waals surface area contributed by atoms with Crippen LogP contribution < -0.4 is 0 Å². The summed E-state index contributed by atoms with van der Waals surface area (Å²) < 4.78 is 0. The van der Waals surface area contributed by atoms with Crippen molar-refractivity contribution in [3.05, 3.63) is 0 Å². The number of imide groups is 1. The van der Waals surface area contributed by atoms with Crippen molar-refractivity contribution in [2.45, 2.75) is 52.4 Å². The summed E-state index contributed by atoms with van der Waals surface area (Å²) >= 11 is 0. The van der Waals surface area contributed by atoms with Gasteiger partial charge in [0.2, 0.25) is 11.8 Å². The van der Waals surface area contributed by atoms with Gasteiger partial charge in [0.05, 0.1) is 0 Å². The van der Waals surface area contributed by atoms with E-state index >= 15 is 0 Å². The van der Waals surface area contributed by atoms with E-state index in [-0.39, 0.29) is 17.7 Å². The molecule has 15 heavy (non-hydrogen) atoms. The summed E-state index contributed by atoms with van der Waals surface area (Å²) in [7, 11) is 0. The van der Waals surface area contributed by atoms with E-state index in [0.717, 1.165) is 19.3 Å². The third-order valence-corrected chi connectivity index (χ3v) is 3.07. The second kappa shape index (κ2) is 5.89. The molecule has 3 heteroatoms. The van der Waals surface area contributed by atoms with Crippen LogP contribution in [0.3, 0.4) is 0 Å². The molecule has 0 bridgehead atoms. The van der Waals surface area contributed by atoms with Gasteiger partial charge in [-0.15, -0.1) is 0 Å². The van der Waals surface area contributed by atoms with Crippen molar-refractivity contribution >= 4 is 11.8 Å². The minimum Gasteiger partial charge on any atom is -0.282 e. The minimum atomic E-state index is -0.0383. The number of hydrogen-bond acceptors (Lipinski definition) is 2. The molecular weight excluding hydrogens is 190 g/mol. The maximum atomic E-state index is 11.7. The molecular formula is C12H21NO2. The number of carbonyl (C=O) groups is 2. The van der Waals surface area contributed by atoms with Crippen molar-refractivity contribution < 1.29 is 9.59 Å². The van der Waals surface area contributed by atoms with Gasteiger partial charge in [0, 0.05) is 18.9 Å². The lowest BCUT2D eigenvalue weighted by Crippen LogP contribution is -2.31. The molecule has 0 aromatic heterocycles. The zero-order valence-corrected chi connectivity index (χ0v) is 9.79. The number of amides is 2. The Bertz CT molecular complexity index is 238. The van der Waals surface area contributed by atoms with Crippen LogP contribution in [0.1, 0.15) is 52.4 Å². The van der Waals surface area contributed by atoms with E-state index in [1.54, 1.807) is 0 Å². The van der Waals surface area contributed by atoms with E-state index in [2.05, 4.69) is 6.92 Å². The van der Waals surface area contributed by atoms with Crippen LogP contribution in [0.15, 0.2) is 0 Å². The van der Waals surface area contributed by atoms with Gasteiger partial charge in [-0.3, -0.25) is 14.5 Å². The Labute approximate surface area is 91.8 Å². The predicted molar refractivity (Wildman–Crippen MR) is 59.3 cm³/mol. The lowest BCUT2D eigenvalue weighted by molar-refractivity contribution is -0.139. The monoisotopic (exact) mass is 211 g/mol. The quantitative estimate of drug-likeness (QED) is 0.499. The third-order valence-electron chi connectivity index (χ3n) is 3.07. The van der Waals surface area contributed by atoms with E-state index in [4.69, 9.17) is 0 Å². The maximum absolute atomic E-state index is 11.7. The Hall–Kier alpha value is -0.860. The molecule has 0 radical (unpaired) electrons. The second-order valence-electron chi connectivity index (χ2n) is 4.25. The summed E-state index contributed by atoms with van der Waals surface area (Å²) in [5.74, 6) is 0.0472. The van der Waals surface area contributed by atoms with Crippen LogP contribution in [0, 0.1) is 5.92 Å². The van der Waals surface area contributed by atoms with Crippen LogP contribution >= 0.6 is 0 Å². The lowest BCUT2D eigenvalue weighted by Gasteiger charge is -2.14. The van der Waals surface area contributed by atoms with E-state index in [1.165, 1.54) is 17.7 Å². The molecule has 1 aliphatic rings. The van der Waals surface area contributed by atoms with Gasteiger partial charge in [-0.1, -0.05) is 33.1 Å². The molecule has 1 heterocycles. The van der Waals surface area contributed by atoms with Gasteiger partial charge >= 0.3 is 0 Å². The smallest absolute Gasteiger partial charge is 0.232 e. The van der Waals surface area contributed by atoms with Crippen molar-refractivity contribution in [1.82, 2.24) is 4.90 Å². The highest BCUT2D eigenvalue weighted by molar-refractivity contribution is 6.03. The van der Waals surface area contributed by atoms with Crippen LogP contribution in [0.5, 0.6) is 0 Å². The van der Waals surface area contributed by atoms with E-state index < -0.39 is 0 Å². The van der Waals surface area contributed by atoms with Gasteiger partial charge in [-0.25, -0.2) is 0 Å². The number of rotatable bonds is 6. The molecule has 2 amide bonds. The summed E-state index contributed by atoms with van der Waals surface area (Å²) in [6, 6.07) is 0. The van der Waals surface area contributed by atoms with Gasteiger partial charge < -0.3 is 0 Å². The first-order valence-corrected chi connectivity index (χ1v) is 6.04. The van der Waals surface area contributed by atoms with Crippen molar-refractivity contribution in [3.8, 4) is 0 Å². The molecule has 3 nitrogen and oxygen atoms in total. The minimum absolute atomic E-state index is 0.0309. The van der Waals surface area contributed by atoms with Crippen molar-refractivity contribution in [3.63, 3.8) is 0 Å². The fourth-order valence-corrected chi connectivity index (χ4v) is 2.00. The Morgan fingerprint density at radius 1 is 1.20 bits per heavy atom. The van der Waals surface area contributed by atoms with Crippen LogP contribution in [-0.4, -0.2) is 23.3 Å². The van der Waals surface area contributed by atoms with Gasteiger partial charge in [-0.2, -0.15) is 0 Å².